The van der Waals surface area contributed by atoms with Gasteiger partial charge in [-0.1, -0.05) is 33.1 Å². The summed E-state index contributed by atoms with van der Waals surface area (Å²) in [5.74, 6) is 0.575. The first kappa shape index (κ1) is 13.9. The Bertz CT molecular complexity index is 188. The molecule has 3 N–H and O–H groups in total. The van der Waals surface area contributed by atoms with Crippen molar-refractivity contribution in [3.8, 4) is 0 Å². The van der Waals surface area contributed by atoms with Crippen LogP contribution >= 0.6 is 0 Å². The van der Waals surface area contributed by atoms with Crippen molar-refractivity contribution in [2.45, 2.75) is 64.0 Å². The largest absolute Gasteiger partial charge is 0.395 e. The fourth-order valence-electron chi connectivity index (χ4n) is 2.51. The Kier molecular flexibility index (Phi) is 5.73. The third-order valence-electron chi connectivity index (χ3n) is 3.48. The average Bonchev–Trinajstić information content (AvgIpc) is 2.25. The molecule has 0 bridgehead atoms. The van der Waals surface area contributed by atoms with Gasteiger partial charge in [-0.3, -0.25) is 0 Å². The summed E-state index contributed by atoms with van der Waals surface area (Å²) < 4.78 is 0. The monoisotopic (exact) mass is 229 g/mol. The summed E-state index contributed by atoms with van der Waals surface area (Å²) in [6.45, 7) is 5.10. The predicted octanol–water partition coefficient (Wildman–Crippen LogP) is 1.68. The zero-order valence-electron chi connectivity index (χ0n) is 10.7. The van der Waals surface area contributed by atoms with E-state index >= 15 is 0 Å². The molecular formula is C13H27NO2. The molecule has 96 valence electrons. The molecule has 1 aliphatic rings. The van der Waals surface area contributed by atoms with Crippen molar-refractivity contribution in [1.82, 2.24) is 5.32 Å². The molecule has 1 unspecified atom stereocenters. The van der Waals surface area contributed by atoms with Crippen molar-refractivity contribution >= 4 is 0 Å². The Hall–Kier alpha value is -0.120. The second kappa shape index (κ2) is 6.58. The van der Waals surface area contributed by atoms with E-state index in [4.69, 9.17) is 0 Å². The number of nitrogens with one attached hydrogen (secondary N) is 1. The smallest absolute Gasteiger partial charge is 0.0771 e. The van der Waals surface area contributed by atoms with Crippen molar-refractivity contribution in [1.29, 1.82) is 0 Å². The first-order valence-electron chi connectivity index (χ1n) is 6.62. The lowest BCUT2D eigenvalue weighted by Gasteiger charge is -2.34. The first-order valence-corrected chi connectivity index (χ1v) is 6.62. The van der Waals surface area contributed by atoms with Crippen LogP contribution in [0.5, 0.6) is 0 Å². The molecule has 1 aliphatic carbocycles. The van der Waals surface area contributed by atoms with Crippen LogP contribution < -0.4 is 5.32 Å². The molecule has 0 aromatic carbocycles. The van der Waals surface area contributed by atoms with Gasteiger partial charge in [-0.2, -0.15) is 0 Å². The van der Waals surface area contributed by atoms with Crippen molar-refractivity contribution in [2.24, 2.45) is 5.92 Å². The van der Waals surface area contributed by atoms with Crippen LogP contribution in [-0.4, -0.2) is 35.0 Å². The summed E-state index contributed by atoms with van der Waals surface area (Å²) in [5, 5.41) is 22.9. The Balaban J connectivity index is 2.30. The van der Waals surface area contributed by atoms with Crippen molar-refractivity contribution in [2.75, 3.05) is 13.2 Å². The third-order valence-corrected chi connectivity index (χ3v) is 3.48. The van der Waals surface area contributed by atoms with Crippen molar-refractivity contribution < 1.29 is 10.2 Å². The fourth-order valence-corrected chi connectivity index (χ4v) is 2.51. The maximum absolute atomic E-state index is 10.3. The molecule has 1 atom stereocenters. The van der Waals surface area contributed by atoms with Crippen LogP contribution in [-0.2, 0) is 0 Å². The minimum Gasteiger partial charge on any atom is -0.395 e. The van der Waals surface area contributed by atoms with Gasteiger partial charge in [0.15, 0.2) is 0 Å². The molecule has 0 saturated heterocycles. The van der Waals surface area contributed by atoms with Gasteiger partial charge in [0.1, 0.15) is 0 Å². The zero-order chi connectivity index (χ0) is 12.0. The number of rotatable bonds is 6. The summed E-state index contributed by atoms with van der Waals surface area (Å²) in [7, 11) is 0. The van der Waals surface area contributed by atoms with Crippen molar-refractivity contribution in [3.63, 3.8) is 0 Å². The molecule has 3 nitrogen and oxygen atoms in total. The van der Waals surface area contributed by atoms with E-state index < -0.39 is 5.60 Å². The van der Waals surface area contributed by atoms with Crippen LogP contribution in [0.2, 0.25) is 0 Å². The van der Waals surface area contributed by atoms with Crippen LogP contribution in [0.3, 0.4) is 0 Å². The summed E-state index contributed by atoms with van der Waals surface area (Å²) >= 11 is 0. The van der Waals surface area contributed by atoms with Gasteiger partial charge < -0.3 is 15.5 Å². The topological polar surface area (TPSA) is 52.5 Å². The van der Waals surface area contributed by atoms with E-state index in [1.165, 1.54) is 6.42 Å². The molecule has 1 rings (SSSR count). The highest BCUT2D eigenvalue weighted by atomic mass is 16.3. The second-order valence-electron chi connectivity index (χ2n) is 5.67. The van der Waals surface area contributed by atoms with Gasteiger partial charge in [-0.25, -0.2) is 0 Å². The van der Waals surface area contributed by atoms with E-state index in [1.54, 1.807) is 0 Å². The fraction of sp³-hybridized carbons (Fsp3) is 1.00. The molecule has 1 fully saturated rings. The molecule has 0 radical (unpaired) electrons. The number of hydrogen-bond acceptors (Lipinski definition) is 3. The molecule has 0 aliphatic heterocycles. The maximum atomic E-state index is 10.3. The highest BCUT2D eigenvalue weighted by molar-refractivity contribution is 4.85. The molecule has 16 heavy (non-hydrogen) atoms. The highest BCUT2D eigenvalue weighted by Gasteiger charge is 2.29. The Morgan fingerprint density at radius 1 is 1.19 bits per heavy atom. The molecule has 0 amide bonds. The zero-order valence-corrected chi connectivity index (χ0v) is 10.7. The summed E-state index contributed by atoms with van der Waals surface area (Å²) in [6.07, 6.45) is 6.28. The molecule has 0 aromatic heterocycles. The quantitative estimate of drug-likeness (QED) is 0.649. The predicted molar refractivity (Wildman–Crippen MR) is 66.4 cm³/mol. The number of aliphatic hydroxyl groups is 2. The molecule has 0 spiro atoms. The van der Waals surface area contributed by atoms with Crippen LogP contribution in [0, 0.1) is 5.92 Å². The Morgan fingerprint density at radius 2 is 1.81 bits per heavy atom. The standard InChI is InChI=1S/C13H27NO2/c1-11(2)8-12(9-15)14-10-13(16)6-4-3-5-7-13/h11-12,14-16H,3-10H2,1-2H3. The first-order chi connectivity index (χ1) is 7.56. The molecule has 1 saturated carbocycles. The van der Waals surface area contributed by atoms with Gasteiger partial charge in [0.2, 0.25) is 0 Å². The van der Waals surface area contributed by atoms with E-state index in [9.17, 15) is 10.2 Å². The number of hydrogen-bond donors (Lipinski definition) is 3. The van der Waals surface area contributed by atoms with Gasteiger partial charge in [0.05, 0.1) is 12.2 Å². The minimum absolute atomic E-state index is 0.131. The van der Waals surface area contributed by atoms with Gasteiger partial charge in [-0.15, -0.1) is 0 Å². The van der Waals surface area contributed by atoms with Gasteiger partial charge in [-0.05, 0) is 25.2 Å². The Labute approximate surface area is 99.3 Å². The van der Waals surface area contributed by atoms with Crippen molar-refractivity contribution in [3.05, 3.63) is 0 Å². The lowest BCUT2D eigenvalue weighted by Crippen LogP contribution is -2.47. The average molecular weight is 229 g/mol. The van der Waals surface area contributed by atoms with Crippen LogP contribution in [0.25, 0.3) is 0 Å². The third kappa shape index (κ3) is 4.81. The molecule has 0 heterocycles. The van der Waals surface area contributed by atoms with Gasteiger partial charge in [0.25, 0.3) is 0 Å². The van der Waals surface area contributed by atoms with Crippen LogP contribution in [0.15, 0.2) is 0 Å². The van der Waals surface area contributed by atoms with E-state index in [0.29, 0.717) is 12.5 Å². The van der Waals surface area contributed by atoms with Gasteiger partial charge >= 0.3 is 0 Å². The molecular weight excluding hydrogens is 202 g/mol. The van der Waals surface area contributed by atoms with Gasteiger partial charge in [0, 0.05) is 12.6 Å². The Morgan fingerprint density at radius 3 is 2.31 bits per heavy atom. The van der Waals surface area contributed by atoms with E-state index in [-0.39, 0.29) is 12.6 Å². The lowest BCUT2D eigenvalue weighted by molar-refractivity contribution is 0.000437. The molecule has 3 heteroatoms. The normalized spacial score (nSPS) is 22.3. The van der Waals surface area contributed by atoms with Crippen LogP contribution in [0.4, 0.5) is 0 Å². The number of aliphatic hydroxyl groups excluding tert-OH is 1. The van der Waals surface area contributed by atoms with Crippen LogP contribution in [0.1, 0.15) is 52.4 Å². The summed E-state index contributed by atoms with van der Waals surface area (Å²) in [5.41, 5.74) is -0.525. The van der Waals surface area contributed by atoms with E-state index in [0.717, 1.165) is 32.1 Å². The highest BCUT2D eigenvalue weighted by Crippen LogP contribution is 2.27. The van der Waals surface area contributed by atoms with E-state index in [2.05, 4.69) is 19.2 Å². The maximum Gasteiger partial charge on any atom is 0.0771 e. The SMILES string of the molecule is CC(C)CC(CO)NCC1(O)CCCCC1. The summed E-state index contributed by atoms with van der Waals surface area (Å²) in [4.78, 5) is 0. The molecule has 0 aromatic rings. The second-order valence-corrected chi connectivity index (χ2v) is 5.67. The van der Waals surface area contributed by atoms with E-state index in [1.807, 2.05) is 0 Å². The summed E-state index contributed by atoms with van der Waals surface area (Å²) in [6, 6.07) is 0.131. The lowest BCUT2D eigenvalue weighted by atomic mass is 9.84. The minimum atomic E-state index is -0.525.